The summed E-state index contributed by atoms with van der Waals surface area (Å²) in [5, 5.41) is 9.07. The van der Waals surface area contributed by atoms with Crippen LogP contribution < -0.4 is 4.18 Å². The largest absolute Gasteiger partial charge is 0.379 e. The number of hydrogen-bond acceptors (Lipinski definition) is 6. The third-order valence-corrected chi connectivity index (χ3v) is 5.74. The van der Waals surface area contributed by atoms with Gasteiger partial charge in [0.05, 0.1) is 19.3 Å². The predicted molar refractivity (Wildman–Crippen MR) is 107 cm³/mol. The Morgan fingerprint density at radius 2 is 1.79 bits per heavy atom. The van der Waals surface area contributed by atoms with E-state index in [1.807, 2.05) is 19.1 Å². The zero-order chi connectivity index (χ0) is 20.0. The van der Waals surface area contributed by atoms with Gasteiger partial charge in [-0.2, -0.15) is 13.7 Å². The lowest BCUT2D eigenvalue weighted by Gasteiger charge is -2.26. The molecule has 2 aromatic rings. The van der Waals surface area contributed by atoms with Crippen LogP contribution in [0.2, 0.25) is 0 Å². The van der Waals surface area contributed by atoms with Crippen LogP contribution in [0.15, 0.2) is 54.6 Å². The maximum absolute atomic E-state index is 12.7. The van der Waals surface area contributed by atoms with Gasteiger partial charge < -0.3 is 8.92 Å². The summed E-state index contributed by atoms with van der Waals surface area (Å²) in [7, 11) is -4.13. The van der Waals surface area contributed by atoms with Crippen molar-refractivity contribution in [2.45, 2.75) is 13.5 Å². The van der Waals surface area contributed by atoms with E-state index in [4.69, 9.17) is 14.2 Å². The lowest BCUT2D eigenvalue weighted by molar-refractivity contribution is 0.0342. The molecule has 0 saturated carbocycles. The van der Waals surface area contributed by atoms with Crippen LogP contribution in [-0.2, 0) is 21.4 Å². The third-order valence-electron chi connectivity index (χ3n) is 4.44. The van der Waals surface area contributed by atoms with E-state index in [1.54, 1.807) is 42.5 Å². The minimum atomic E-state index is -4.13. The second-order valence-corrected chi connectivity index (χ2v) is 8.09. The van der Waals surface area contributed by atoms with Crippen LogP contribution in [0.1, 0.15) is 16.7 Å². The first-order valence-electron chi connectivity index (χ1n) is 8.98. The van der Waals surface area contributed by atoms with Gasteiger partial charge in [0.15, 0.2) is 0 Å². The van der Waals surface area contributed by atoms with Crippen molar-refractivity contribution in [3.63, 3.8) is 0 Å². The maximum Gasteiger partial charge on any atom is 0.340 e. The van der Waals surface area contributed by atoms with Crippen molar-refractivity contribution >= 4 is 15.0 Å². The zero-order valence-corrected chi connectivity index (χ0v) is 16.5. The molecule has 1 saturated heterocycles. The van der Waals surface area contributed by atoms with Crippen molar-refractivity contribution in [2.75, 3.05) is 26.3 Å². The Kier molecular flexibility index (Phi) is 6.47. The summed E-state index contributed by atoms with van der Waals surface area (Å²) in [5.74, 6) is 0.207. The first kappa shape index (κ1) is 20.1. The lowest BCUT2D eigenvalue weighted by atomic mass is 10.1. The third kappa shape index (κ3) is 5.20. The van der Waals surface area contributed by atoms with Gasteiger partial charge in [0.25, 0.3) is 0 Å². The van der Waals surface area contributed by atoms with E-state index in [9.17, 15) is 8.42 Å². The summed E-state index contributed by atoms with van der Waals surface area (Å²) in [4.78, 5) is 2.12. The van der Waals surface area contributed by atoms with E-state index in [2.05, 4.69) is 4.90 Å². The number of hydrogen-bond donors (Lipinski definition) is 0. The average Bonchev–Trinajstić information content (AvgIpc) is 2.69. The van der Waals surface area contributed by atoms with E-state index < -0.39 is 10.1 Å². The molecule has 6 nitrogen and oxygen atoms in total. The molecule has 7 heteroatoms. The van der Waals surface area contributed by atoms with Crippen molar-refractivity contribution in [3.8, 4) is 11.8 Å². The molecule has 0 aromatic heterocycles. The molecule has 1 fully saturated rings. The number of morpholine rings is 1. The molecule has 0 radical (unpaired) electrons. The predicted octanol–water partition coefficient (Wildman–Crippen LogP) is 3.10. The Balaban J connectivity index is 1.78. The number of aryl methyl sites for hydroxylation is 1. The van der Waals surface area contributed by atoms with Crippen LogP contribution in [0.4, 0.5) is 0 Å². The number of rotatable bonds is 6. The Labute approximate surface area is 165 Å². The van der Waals surface area contributed by atoms with E-state index in [0.717, 1.165) is 50.1 Å². The fraction of sp³-hybridized carbons (Fsp3) is 0.286. The molecule has 1 aliphatic rings. The fourth-order valence-corrected chi connectivity index (χ4v) is 3.99. The summed E-state index contributed by atoms with van der Waals surface area (Å²) < 4.78 is 36.0. The van der Waals surface area contributed by atoms with Gasteiger partial charge in [-0.25, -0.2) is 0 Å². The first-order chi connectivity index (χ1) is 13.5. The van der Waals surface area contributed by atoms with Crippen LogP contribution >= 0.6 is 0 Å². The molecule has 0 spiro atoms. The molecule has 2 aromatic carbocycles. The summed E-state index contributed by atoms with van der Waals surface area (Å²) in [6.45, 7) is 5.87. The number of ether oxygens (including phenoxy) is 1. The van der Waals surface area contributed by atoms with Crippen molar-refractivity contribution in [1.82, 2.24) is 4.90 Å². The molecule has 1 heterocycles. The molecule has 0 aliphatic carbocycles. The minimum Gasteiger partial charge on any atom is -0.379 e. The van der Waals surface area contributed by atoms with Crippen molar-refractivity contribution in [3.05, 3.63) is 71.3 Å². The van der Waals surface area contributed by atoms with Crippen molar-refractivity contribution in [1.29, 1.82) is 5.26 Å². The monoisotopic (exact) mass is 398 g/mol. The summed E-state index contributed by atoms with van der Waals surface area (Å²) >= 11 is 0. The highest BCUT2D eigenvalue weighted by atomic mass is 32.2. The van der Waals surface area contributed by atoms with E-state index in [-0.39, 0.29) is 10.7 Å². The molecule has 1 aliphatic heterocycles. The number of nitriles is 1. The van der Waals surface area contributed by atoms with Crippen LogP contribution in [0.5, 0.6) is 5.75 Å². The second kappa shape index (κ2) is 9.02. The van der Waals surface area contributed by atoms with Gasteiger partial charge in [-0.15, -0.1) is 0 Å². The summed E-state index contributed by atoms with van der Waals surface area (Å²) in [6.07, 6.45) is 1.00. The number of nitrogens with zero attached hydrogens (tertiary/aromatic N) is 2. The highest BCUT2D eigenvalue weighted by Crippen LogP contribution is 2.26. The Morgan fingerprint density at radius 1 is 1.14 bits per heavy atom. The van der Waals surface area contributed by atoms with Crippen molar-refractivity contribution < 1.29 is 17.3 Å². The Bertz CT molecular complexity index is 969. The SMILES string of the molecule is Cc1ccc(OS(=O)(=O)/C(=C/C#N)c2ccc(CN3CCOCC3)cc2)cc1. The number of allylic oxidation sites excluding steroid dienone is 1. The fourth-order valence-electron chi connectivity index (χ4n) is 2.92. The minimum absolute atomic E-state index is 0.159. The molecule has 0 atom stereocenters. The van der Waals surface area contributed by atoms with Gasteiger partial charge in [-0.3, -0.25) is 4.90 Å². The average molecular weight is 398 g/mol. The number of benzene rings is 2. The zero-order valence-electron chi connectivity index (χ0n) is 15.7. The Morgan fingerprint density at radius 3 is 2.39 bits per heavy atom. The van der Waals surface area contributed by atoms with Crippen LogP contribution in [-0.4, -0.2) is 39.6 Å². The first-order valence-corrected chi connectivity index (χ1v) is 10.4. The smallest absolute Gasteiger partial charge is 0.340 e. The topological polar surface area (TPSA) is 79.6 Å². The second-order valence-electron chi connectivity index (χ2n) is 6.57. The van der Waals surface area contributed by atoms with E-state index >= 15 is 0 Å². The highest BCUT2D eigenvalue weighted by Gasteiger charge is 2.22. The standard InChI is InChI=1S/C21H22N2O4S/c1-17-2-8-20(9-3-17)27-28(24,25)21(10-11-22)19-6-4-18(5-7-19)16-23-12-14-26-15-13-23/h2-10H,12-16H2,1H3/b21-10+. The van der Waals surface area contributed by atoms with Crippen LogP contribution in [0.25, 0.3) is 4.91 Å². The van der Waals surface area contributed by atoms with Crippen LogP contribution in [0, 0.1) is 18.3 Å². The lowest BCUT2D eigenvalue weighted by Crippen LogP contribution is -2.35. The molecular weight excluding hydrogens is 376 g/mol. The normalized spacial score (nSPS) is 15.8. The molecule has 0 N–H and O–H groups in total. The summed E-state index contributed by atoms with van der Waals surface area (Å²) in [6, 6.07) is 15.7. The molecule has 0 bridgehead atoms. The van der Waals surface area contributed by atoms with Gasteiger partial charge in [-0.05, 0) is 30.2 Å². The van der Waals surface area contributed by atoms with Gasteiger partial charge in [-0.1, -0.05) is 42.0 Å². The molecule has 0 unspecified atom stereocenters. The van der Waals surface area contributed by atoms with Gasteiger partial charge in [0.2, 0.25) is 0 Å². The van der Waals surface area contributed by atoms with Gasteiger partial charge in [0, 0.05) is 25.7 Å². The molecule has 28 heavy (non-hydrogen) atoms. The van der Waals surface area contributed by atoms with E-state index in [0.29, 0.717) is 5.56 Å². The summed E-state index contributed by atoms with van der Waals surface area (Å²) in [5.41, 5.74) is 2.48. The Hall–Kier alpha value is -2.66. The highest BCUT2D eigenvalue weighted by molar-refractivity contribution is 7.96. The van der Waals surface area contributed by atoms with Crippen molar-refractivity contribution in [2.24, 2.45) is 0 Å². The van der Waals surface area contributed by atoms with E-state index in [1.165, 1.54) is 0 Å². The molecule has 146 valence electrons. The van der Waals surface area contributed by atoms with Gasteiger partial charge >= 0.3 is 10.1 Å². The van der Waals surface area contributed by atoms with Gasteiger partial charge in [0.1, 0.15) is 10.7 Å². The van der Waals surface area contributed by atoms with Crippen LogP contribution in [0.3, 0.4) is 0 Å². The molecule has 3 rings (SSSR count). The molecular formula is C21H22N2O4S. The maximum atomic E-state index is 12.7. The molecule has 0 amide bonds. The quantitative estimate of drug-likeness (QED) is 0.550.